The molecule has 0 aromatic heterocycles. The minimum atomic E-state index is -2.01. The number of ether oxygens (including phenoxy) is 7. The van der Waals surface area contributed by atoms with Crippen LogP contribution in [0.1, 0.15) is 212 Å². The molecule has 0 bridgehead atoms. The second-order valence-electron chi connectivity index (χ2n) is 23.1. The third kappa shape index (κ3) is 20.8. The van der Waals surface area contributed by atoms with E-state index >= 15 is 0 Å². The summed E-state index contributed by atoms with van der Waals surface area (Å²) in [5.41, 5.74) is -4.92. The number of aliphatic hydroxyl groups excluding tert-OH is 2. The van der Waals surface area contributed by atoms with Crippen LogP contribution in [0.4, 0.5) is 0 Å². The van der Waals surface area contributed by atoms with Gasteiger partial charge in [0, 0.05) is 44.6 Å². The molecule has 0 aliphatic carbocycles. The number of carboxylic acids is 1. The van der Waals surface area contributed by atoms with Crippen LogP contribution in [0.5, 0.6) is 0 Å². The molecule has 3 saturated heterocycles. The molecule has 0 aromatic carbocycles. The van der Waals surface area contributed by atoms with Crippen LogP contribution in [0.25, 0.3) is 0 Å². The molecule has 434 valence electrons. The van der Waals surface area contributed by atoms with E-state index in [1.54, 1.807) is 41.5 Å². The summed E-state index contributed by atoms with van der Waals surface area (Å²) in [6.45, 7) is 19.8. The highest BCUT2D eigenvalue weighted by molar-refractivity contribution is 5.83. The number of unbranched alkanes of at least 4 members (excludes halogenated alkanes) is 14. The summed E-state index contributed by atoms with van der Waals surface area (Å²) in [7, 11) is 5.19. The number of ketones is 1. The maximum absolute atomic E-state index is 14.2. The summed E-state index contributed by atoms with van der Waals surface area (Å²) < 4.78 is 43.3. The van der Waals surface area contributed by atoms with Crippen molar-refractivity contribution >= 4 is 23.7 Å². The molecule has 3 fully saturated rings. The van der Waals surface area contributed by atoms with E-state index in [4.69, 9.17) is 38.3 Å². The number of methoxy groups -OCH3 is 1. The zero-order valence-electron chi connectivity index (χ0n) is 48.5. The lowest BCUT2D eigenvalue weighted by Gasteiger charge is -2.49. The fourth-order valence-electron chi connectivity index (χ4n) is 11.4. The Morgan fingerprint density at radius 2 is 1.26 bits per heavy atom. The van der Waals surface area contributed by atoms with Gasteiger partial charge < -0.3 is 63.6 Å². The molecule has 0 aromatic rings. The third-order valence-electron chi connectivity index (χ3n) is 16.1. The SMILES string of the molecule is CCCCCCCCCCCCCCCCCC(=O)O.CC[C@H]1OC(=O)[C@H](C)[C@@H](O[C@H]2C[C@@](C)(OC)[C@@H](O)[C@H](C)O2)[C@@H](C)[C@@H](O[C@@H]2O[C@H](C)C[C@H](N(C)C)[C@H]2OC(C)=O)[C@](C)(O)C[C@@H](C)C(=O)[C@H](C)[C@H](O)[C@]1(C)O. The van der Waals surface area contributed by atoms with Crippen molar-refractivity contribution in [2.75, 3.05) is 21.2 Å². The number of aliphatic hydroxyl groups is 4. The van der Waals surface area contributed by atoms with Crippen LogP contribution in [0.3, 0.4) is 0 Å². The monoisotopic (exact) mass is 1060 g/mol. The maximum atomic E-state index is 14.2. The number of aliphatic carboxylic acids is 1. The summed E-state index contributed by atoms with van der Waals surface area (Å²) in [5.74, 6) is -6.33. The highest BCUT2D eigenvalue weighted by atomic mass is 16.7. The molecule has 17 heteroatoms. The number of carbonyl (C=O) groups is 4. The molecule has 3 aliphatic rings. The first kappa shape index (κ1) is 67.8. The smallest absolute Gasteiger partial charge is 0.311 e. The second-order valence-corrected chi connectivity index (χ2v) is 23.1. The van der Waals surface area contributed by atoms with Gasteiger partial charge in [-0.15, -0.1) is 0 Å². The average molecular weight is 1060 g/mol. The molecule has 3 heterocycles. The molecule has 0 radical (unpaired) electrons. The molecule has 17 nitrogen and oxygen atoms in total. The lowest BCUT2D eigenvalue weighted by molar-refractivity contribution is -0.318. The van der Waals surface area contributed by atoms with E-state index in [9.17, 15) is 39.6 Å². The zero-order chi connectivity index (χ0) is 56.1. The van der Waals surface area contributed by atoms with Gasteiger partial charge in [0.05, 0.1) is 53.7 Å². The molecule has 0 saturated carbocycles. The van der Waals surface area contributed by atoms with Crippen molar-refractivity contribution in [2.24, 2.45) is 23.7 Å². The number of carbonyl (C=O) groups excluding carboxylic acids is 3. The molecule has 5 N–H and O–H groups in total. The number of rotatable bonds is 24. The topological polar surface area (TPSA) is 237 Å². The van der Waals surface area contributed by atoms with E-state index in [-0.39, 0.29) is 31.4 Å². The molecule has 74 heavy (non-hydrogen) atoms. The van der Waals surface area contributed by atoms with Gasteiger partial charge in [0.25, 0.3) is 0 Å². The Morgan fingerprint density at radius 3 is 1.73 bits per heavy atom. The summed E-state index contributed by atoms with van der Waals surface area (Å²) in [6, 6.07) is -0.320. The van der Waals surface area contributed by atoms with Crippen molar-refractivity contribution < 1.29 is 77.9 Å². The Bertz CT molecular complexity index is 1640. The Kier molecular flexibility index (Phi) is 29.8. The zero-order valence-corrected chi connectivity index (χ0v) is 48.5. The molecule has 3 rings (SSSR count). The van der Waals surface area contributed by atoms with Crippen molar-refractivity contribution in [1.29, 1.82) is 0 Å². The van der Waals surface area contributed by atoms with Crippen molar-refractivity contribution in [3.05, 3.63) is 0 Å². The van der Waals surface area contributed by atoms with Crippen molar-refractivity contribution in [3.8, 4) is 0 Å². The van der Waals surface area contributed by atoms with Crippen molar-refractivity contribution in [2.45, 2.75) is 296 Å². The number of esters is 2. The number of hydrogen-bond acceptors (Lipinski definition) is 16. The Morgan fingerprint density at radius 1 is 0.730 bits per heavy atom. The number of likely N-dealkylation sites (N-methyl/N-ethyl adjacent to an activating group) is 1. The number of hydrogen-bond donors (Lipinski definition) is 5. The first-order valence-electron chi connectivity index (χ1n) is 28.4. The first-order valence-corrected chi connectivity index (χ1v) is 28.4. The Labute approximate surface area is 445 Å². The molecular formula is C57H105NO16. The molecule has 0 spiro atoms. The molecule has 0 unspecified atom stereocenters. The van der Waals surface area contributed by atoms with E-state index in [0.717, 1.165) is 12.8 Å². The Balaban J connectivity index is 0.000000788. The van der Waals surface area contributed by atoms with E-state index in [1.807, 2.05) is 25.9 Å². The lowest BCUT2D eigenvalue weighted by atomic mass is 9.74. The largest absolute Gasteiger partial charge is 0.481 e. The van der Waals surface area contributed by atoms with Crippen LogP contribution in [0.2, 0.25) is 0 Å². The number of carboxylic acid groups (broad SMARTS) is 1. The lowest BCUT2D eigenvalue weighted by Crippen LogP contribution is -2.61. The predicted octanol–water partition coefficient (Wildman–Crippen LogP) is 8.69. The number of nitrogens with zero attached hydrogens (tertiary/aromatic N) is 1. The van der Waals surface area contributed by atoms with Gasteiger partial charge in [-0.3, -0.25) is 19.2 Å². The minimum Gasteiger partial charge on any atom is -0.481 e. The standard InChI is InChI=1S/C39H69NO14.C18H36O2/c1-15-27-39(11,47)32(43)21(4)29(42)19(2)17-37(9,46)34(54-36-31(51-25(8)41)26(40(12)13)16-20(3)49-36)22(5)30(23(6)35(45)52-27)53-28-18-38(10,48-14)33(44)24(7)50-28;1-2-3-4-5-6-7-8-9-10-11-12-13-14-15-16-17-18(19)20/h19-24,26-28,30-34,36,43-44,46-47H,15-18H2,1-14H3;2-17H2,1H3,(H,19,20)/t19-,20-,21+,22-,23-,24+,26+,27-,28+,30+,31-,32+,33+,34-,36+,37-,38-,39-;/m1./s1. The van der Waals surface area contributed by atoms with Crippen LogP contribution >= 0.6 is 0 Å². The average Bonchev–Trinajstić information content (AvgIpc) is 3.33. The molecule has 0 amide bonds. The summed E-state index contributed by atoms with van der Waals surface area (Å²) >= 11 is 0. The molecule has 3 aliphatic heterocycles. The second kappa shape index (κ2) is 32.5. The van der Waals surface area contributed by atoms with Gasteiger partial charge in [-0.05, 0) is 81.3 Å². The summed E-state index contributed by atoms with van der Waals surface area (Å²) in [6.07, 6.45) is 10.4. The maximum Gasteiger partial charge on any atom is 0.311 e. The van der Waals surface area contributed by atoms with E-state index in [1.165, 1.54) is 118 Å². The van der Waals surface area contributed by atoms with Crippen molar-refractivity contribution in [3.63, 3.8) is 0 Å². The van der Waals surface area contributed by atoms with Crippen LogP contribution in [0, 0.1) is 23.7 Å². The fourth-order valence-corrected chi connectivity index (χ4v) is 11.4. The van der Waals surface area contributed by atoms with Gasteiger partial charge in [-0.2, -0.15) is 0 Å². The van der Waals surface area contributed by atoms with Gasteiger partial charge in [0.15, 0.2) is 18.7 Å². The predicted molar refractivity (Wildman–Crippen MR) is 283 cm³/mol. The van der Waals surface area contributed by atoms with Crippen LogP contribution in [-0.4, -0.2) is 160 Å². The highest BCUT2D eigenvalue weighted by Gasteiger charge is 2.54. The van der Waals surface area contributed by atoms with Crippen LogP contribution in [0.15, 0.2) is 0 Å². The number of cyclic esters (lactones) is 1. The summed E-state index contributed by atoms with van der Waals surface area (Å²) in [4.78, 5) is 52.8. The van der Waals surface area contributed by atoms with Gasteiger partial charge >= 0.3 is 17.9 Å². The van der Waals surface area contributed by atoms with Crippen molar-refractivity contribution in [1.82, 2.24) is 4.90 Å². The number of Topliss-reactive ketones (excluding diaryl/α,β-unsaturated/α-hetero) is 1. The van der Waals surface area contributed by atoms with Crippen LogP contribution in [-0.2, 0) is 52.3 Å². The van der Waals surface area contributed by atoms with Gasteiger partial charge in [-0.25, -0.2) is 0 Å². The minimum absolute atomic E-state index is 0.0755. The Hall–Kier alpha value is -2.32. The quantitative estimate of drug-likeness (QED) is 0.0449. The van der Waals surface area contributed by atoms with Gasteiger partial charge in [0.1, 0.15) is 23.6 Å². The first-order chi connectivity index (χ1) is 34.6. The van der Waals surface area contributed by atoms with Gasteiger partial charge in [0.2, 0.25) is 0 Å². The third-order valence-corrected chi connectivity index (χ3v) is 16.1. The normalized spacial score (nSPS) is 37.6. The highest BCUT2D eigenvalue weighted by Crippen LogP contribution is 2.41. The van der Waals surface area contributed by atoms with E-state index in [0.29, 0.717) is 12.8 Å². The molecule has 18 atom stereocenters. The van der Waals surface area contributed by atoms with Gasteiger partial charge in [-0.1, -0.05) is 125 Å². The van der Waals surface area contributed by atoms with Crippen LogP contribution < -0.4 is 0 Å². The molecular weight excluding hydrogens is 955 g/mol. The van der Waals surface area contributed by atoms with E-state index in [2.05, 4.69) is 6.92 Å². The van der Waals surface area contributed by atoms with E-state index < -0.39 is 119 Å². The fraction of sp³-hybridized carbons (Fsp3) is 0.930. The summed E-state index contributed by atoms with van der Waals surface area (Å²) in [5, 5.41) is 55.0.